The van der Waals surface area contributed by atoms with Crippen LogP contribution in [0.15, 0.2) is 46.9 Å². The van der Waals surface area contributed by atoms with E-state index in [9.17, 15) is 9.50 Å². The molecule has 106 valence electrons. The van der Waals surface area contributed by atoms with E-state index in [4.69, 9.17) is 4.74 Å². The molecule has 0 bridgehead atoms. The van der Waals surface area contributed by atoms with E-state index in [1.165, 1.54) is 12.1 Å². The van der Waals surface area contributed by atoms with E-state index in [0.29, 0.717) is 23.2 Å². The lowest BCUT2D eigenvalue weighted by molar-refractivity contribution is 0.173. The molecule has 0 radical (unpaired) electrons. The van der Waals surface area contributed by atoms with Crippen molar-refractivity contribution in [3.05, 3.63) is 63.9 Å². The van der Waals surface area contributed by atoms with Crippen molar-refractivity contribution in [2.24, 2.45) is 0 Å². The maximum Gasteiger partial charge on any atom is 0.124 e. The number of hydrogen-bond acceptors (Lipinski definition) is 2. The molecule has 1 N–H and O–H groups in total. The lowest BCUT2D eigenvalue weighted by Crippen LogP contribution is -1.98. The van der Waals surface area contributed by atoms with Crippen molar-refractivity contribution in [1.82, 2.24) is 0 Å². The summed E-state index contributed by atoms with van der Waals surface area (Å²) in [7, 11) is 0. The zero-order valence-corrected chi connectivity index (χ0v) is 12.7. The predicted molar refractivity (Wildman–Crippen MR) is 80.1 cm³/mol. The van der Waals surface area contributed by atoms with E-state index in [2.05, 4.69) is 15.9 Å². The van der Waals surface area contributed by atoms with Crippen LogP contribution >= 0.6 is 15.9 Å². The predicted octanol–water partition coefficient (Wildman–Crippen LogP) is 4.61. The van der Waals surface area contributed by atoms with Gasteiger partial charge in [0, 0.05) is 4.47 Å². The van der Waals surface area contributed by atoms with E-state index in [0.717, 1.165) is 11.1 Å². The van der Waals surface area contributed by atoms with Crippen LogP contribution in [0, 0.1) is 5.82 Å². The van der Waals surface area contributed by atoms with Gasteiger partial charge in [0.15, 0.2) is 0 Å². The highest BCUT2D eigenvalue weighted by molar-refractivity contribution is 9.10. The molecule has 0 saturated heterocycles. The van der Waals surface area contributed by atoms with E-state index in [1.807, 2.05) is 37.3 Å². The van der Waals surface area contributed by atoms with Crippen molar-refractivity contribution in [2.45, 2.75) is 26.1 Å². The van der Waals surface area contributed by atoms with Crippen LogP contribution in [0.25, 0.3) is 0 Å². The highest BCUT2D eigenvalue weighted by Crippen LogP contribution is 2.21. The minimum absolute atomic E-state index is 0.292. The minimum atomic E-state index is -0.441. The molecule has 0 fully saturated rings. The molecule has 2 nitrogen and oxygen atoms in total. The summed E-state index contributed by atoms with van der Waals surface area (Å²) in [6.45, 7) is 2.23. The van der Waals surface area contributed by atoms with Crippen molar-refractivity contribution in [1.29, 1.82) is 0 Å². The van der Waals surface area contributed by atoms with Crippen LogP contribution in [-0.2, 0) is 6.61 Å². The molecule has 0 amide bonds. The molecule has 0 unspecified atom stereocenters. The fourth-order valence-corrected chi connectivity index (χ4v) is 2.40. The molecule has 1 atom stereocenters. The third kappa shape index (κ3) is 4.05. The molecule has 0 aliphatic heterocycles. The third-order valence-corrected chi connectivity index (χ3v) is 3.44. The van der Waals surface area contributed by atoms with Crippen molar-refractivity contribution in [3.8, 4) is 5.75 Å². The van der Waals surface area contributed by atoms with E-state index < -0.39 is 6.10 Å². The summed E-state index contributed by atoms with van der Waals surface area (Å²) in [5, 5.41) is 9.70. The van der Waals surface area contributed by atoms with Gasteiger partial charge in [-0.2, -0.15) is 0 Å². The van der Waals surface area contributed by atoms with Crippen LogP contribution in [0.1, 0.15) is 30.6 Å². The number of hydrogen-bond donors (Lipinski definition) is 1. The molecule has 0 aliphatic rings. The Bertz CT molecular complexity index is 549. The minimum Gasteiger partial charge on any atom is -0.489 e. The molecule has 2 aromatic carbocycles. The first kappa shape index (κ1) is 15.0. The summed E-state index contributed by atoms with van der Waals surface area (Å²) in [5.74, 6) is 0.400. The van der Waals surface area contributed by atoms with Gasteiger partial charge in [0.05, 0.1) is 6.10 Å². The van der Waals surface area contributed by atoms with Crippen LogP contribution in [0.3, 0.4) is 0 Å². The maximum atomic E-state index is 13.2. The van der Waals surface area contributed by atoms with Crippen LogP contribution in [0.5, 0.6) is 5.75 Å². The number of halogens is 2. The summed E-state index contributed by atoms with van der Waals surface area (Å²) in [5.41, 5.74) is 1.63. The molecule has 0 aromatic heterocycles. The number of ether oxygens (including phenoxy) is 1. The zero-order valence-electron chi connectivity index (χ0n) is 11.1. The number of benzene rings is 2. The summed E-state index contributed by atoms with van der Waals surface area (Å²) in [6.07, 6.45) is 0.237. The summed E-state index contributed by atoms with van der Waals surface area (Å²) in [4.78, 5) is 0. The summed E-state index contributed by atoms with van der Waals surface area (Å²) < 4.78 is 19.5. The Hall–Kier alpha value is -1.39. The Morgan fingerprint density at radius 1 is 1.20 bits per heavy atom. The van der Waals surface area contributed by atoms with E-state index in [1.54, 1.807) is 0 Å². The quantitative estimate of drug-likeness (QED) is 0.862. The largest absolute Gasteiger partial charge is 0.489 e. The second-order valence-electron chi connectivity index (χ2n) is 4.56. The molecule has 2 aromatic rings. The summed E-state index contributed by atoms with van der Waals surface area (Å²) in [6, 6.07) is 12.0. The Morgan fingerprint density at radius 3 is 2.50 bits per heavy atom. The first-order chi connectivity index (χ1) is 9.58. The third-order valence-electron chi connectivity index (χ3n) is 2.98. The average Bonchev–Trinajstić information content (AvgIpc) is 2.44. The number of aliphatic hydroxyl groups excluding tert-OH is 1. The fourth-order valence-electron chi connectivity index (χ4n) is 1.88. The highest BCUT2D eigenvalue weighted by atomic mass is 79.9. The number of aliphatic hydroxyl groups is 1. The molecule has 2 rings (SSSR count). The fraction of sp³-hybridized carbons (Fsp3) is 0.250. The van der Waals surface area contributed by atoms with Crippen molar-refractivity contribution >= 4 is 15.9 Å². The van der Waals surface area contributed by atoms with Gasteiger partial charge in [-0.05, 0) is 47.9 Å². The first-order valence-electron chi connectivity index (χ1n) is 6.44. The van der Waals surface area contributed by atoms with Gasteiger partial charge < -0.3 is 9.84 Å². The van der Waals surface area contributed by atoms with Gasteiger partial charge in [-0.25, -0.2) is 4.39 Å². The zero-order chi connectivity index (χ0) is 14.5. The Kier molecular flexibility index (Phi) is 5.15. The SMILES string of the molecule is CC[C@H](O)c1ccc(OCc2cc(F)cc(Br)c2)cc1. The number of rotatable bonds is 5. The van der Waals surface area contributed by atoms with Gasteiger partial charge in [-0.15, -0.1) is 0 Å². The topological polar surface area (TPSA) is 29.5 Å². The van der Waals surface area contributed by atoms with Gasteiger partial charge >= 0.3 is 0 Å². The average molecular weight is 339 g/mol. The van der Waals surface area contributed by atoms with Crippen molar-refractivity contribution in [2.75, 3.05) is 0 Å². The van der Waals surface area contributed by atoms with E-state index in [-0.39, 0.29) is 5.82 Å². The van der Waals surface area contributed by atoms with Crippen LogP contribution < -0.4 is 4.74 Å². The second-order valence-corrected chi connectivity index (χ2v) is 5.48. The van der Waals surface area contributed by atoms with Gasteiger partial charge in [0.2, 0.25) is 0 Å². The van der Waals surface area contributed by atoms with Crippen LogP contribution in [-0.4, -0.2) is 5.11 Å². The molecule has 0 spiro atoms. The van der Waals surface area contributed by atoms with Gasteiger partial charge in [0.1, 0.15) is 18.2 Å². The highest BCUT2D eigenvalue weighted by Gasteiger charge is 2.05. The second kappa shape index (κ2) is 6.86. The molecule has 4 heteroatoms. The molecular weight excluding hydrogens is 323 g/mol. The molecule has 0 heterocycles. The van der Waals surface area contributed by atoms with Crippen molar-refractivity contribution in [3.63, 3.8) is 0 Å². The molecule has 0 aliphatic carbocycles. The van der Waals surface area contributed by atoms with Crippen LogP contribution in [0.2, 0.25) is 0 Å². The van der Waals surface area contributed by atoms with E-state index >= 15 is 0 Å². The van der Waals surface area contributed by atoms with Gasteiger partial charge in [-0.1, -0.05) is 35.0 Å². The Morgan fingerprint density at radius 2 is 1.90 bits per heavy atom. The normalized spacial score (nSPS) is 12.2. The van der Waals surface area contributed by atoms with Gasteiger partial charge in [-0.3, -0.25) is 0 Å². The molecule has 0 saturated carbocycles. The molecular formula is C16H16BrFO2. The van der Waals surface area contributed by atoms with Crippen molar-refractivity contribution < 1.29 is 14.2 Å². The van der Waals surface area contributed by atoms with Crippen LogP contribution in [0.4, 0.5) is 4.39 Å². The lowest BCUT2D eigenvalue weighted by Gasteiger charge is -2.10. The maximum absolute atomic E-state index is 13.2. The Labute approximate surface area is 126 Å². The summed E-state index contributed by atoms with van der Waals surface area (Å²) >= 11 is 3.25. The first-order valence-corrected chi connectivity index (χ1v) is 7.23. The standard InChI is InChI=1S/C16H16BrFO2/c1-2-16(19)12-3-5-15(6-4-12)20-10-11-7-13(17)9-14(18)8-11/h3-9,16,19H,2,10H2,1H3/t16-/m0/s1. The Balaban J connectivity index is 2.00. The van der Waals surface area contributed by atoms with Gasteiger partial charge in [0.25, 0.3) is 0 Å². The monoisotopic (exact) mass is 338 g/mol. The molecule has 20 heavy (non-hydrogen) atoms. The smallest absolute Gasteiger partial charge is 0.124 e. The lowest BCUT2D eigenvalue weighted by atomic mass is 10.1.